The summed E-state index contributed by atoms with van der Waals surface area (Å²) in [5.41, 5.74) is 1.68. The van der Waals surface area contributed by atoms with Crippen molar-refractivity contribution >= 4 is 39.3 Å². The lowest BCUT2D eigenvalue weighted by Gasteiger charge is -2.12. The van der Waals surface area contributed by atoms with Crippen molar-refractivity contribution in [3.8, 4) is 22.6 Å². The zero-order valence-electron chi connectivity index (χ0n) is 17.0. The molecule has 1 atom stereocenters. The lowest BCUT2D eigenvalue weighted by Crippen LogP contribution is -2.21. The van der Waals surface area contributed by atoms with Gasteiger partial charge in [-0.25, -0.2) is 4.98 Å². The maximum Gasteiger partial charge on any atom is 0.324 e. The number of hydrogen-bond acceptors (Lipinski definition) is 7. The van der Waals surface area contributed by atoms with Crippen LogP contribution in [-0.2, 0) is 10.5 Å². The molecule has 0 radical (unpaired) electrons. The molecule has 4 rings (SSSR count). The van der Waals surface area contributed by atoms with E-state index in [9.17, 15) is 9.59 Å². The summed E-state index contributed by atoms with van der Waals surface area (Å²) >= 11 is 2.79. The standard InChI is InChI=1S/C23H20N2O4S2/c1-14(23(27)29-18-11-7-6-10-17(18)28-2)30-13-19-24-21(26)20-16(12-31-22(20)25-19)15-8-4-3-5-9-15/h3-12,14H,13H2,1-2H3,(H,24,25,26). The second-order valence-electron chi connectivity index (χ2n) is 6.73. The molecule has 6 nitrogen and oxygen atoms in total. The highest BCUT2D eigenvalue weighted by Gasteiger charge is 2.19. The van der Waals surface area contributed by atoms with E-state index in [0.717, 1.165) is 11.1 Å². The molecular weight excluding hydrogens is 432 g/mol. The topological polar surface area (TPSA) is 81.3 Å². The number of rotatable bonds is 7. The van der Waals surface area contributed by atoms with Crippen LogP contribution in [0.2, 0.25) is 0 Å². The molecule has 31 heavy (non-hydrogen) atoms. The normalized spacial score (nSPS) is 11.9. The average Bonchev–Trinajstić information content (AvgIpc) is 3.23. The molecule has 0 amide bonds. The third-order valence-corrected chi connectivity index (χ3v) is 6.66. The molecular formula is C23H20N2O4S2. The van der Waals surface area contributed by atoms with Gasteiger partial charge < -0.3 is 14.5 Å². The largest absolute Gasteiger partial charge is 0.493 e. The minimum atomic E-state index is -0.450. The van der Waals surface area contributed by atoms with Crippen molar-refractivity contribution in [1.82, 2.24) is 9.97 Å². The number of aromatic amines is 1. The highest BCUT2D eigenvalue weighted by atomic mass is 32.2. The Labute approximate surface area is 187 Å². The molecule has 1 N–H and O–H groups in total. The fraction of sp³-hybridized carbons (Fsp3) is 0.174. The molecule has 0 saturated carbocycles. The van der Waals surface area contributed by atoms with Crippen LogP contribution < -0.4 is 15.0 Å². The Bertz CT molecular complexity index is 1270. The van der Waals surface area contributed by atoms with Crippen molar-refractivity contribution in [1.29, 1.82) is 0 Å². The van der Waals surface area contributed by atoms with E-state index in [-0.39, 0.29) is 11.5 Å². The second-order valence-corrected chi connectivity index (χ2v) is 8.92. The number of aromatic nitrogens is 2. The summed E-state index contributed by atoms with van der Waals surface area (Å²) in [6, 6.07) is 16.8. The number of nitrogens with one attached hydrogen (secondary N) is 1. The van der Waals surface area contributed by atoms with Gasteiger partial charge >= 0.3 is 5.97 Å². The number of hydrogen-bond donors (Lipinski definition) is 1. The van der Waals surface area contributed by atoms with Crippen LogP contribution in [-0.4, -0.2) is 28.3 Å². The van der Waals surface area contributed by atoms with Gasteiger partial charge in [0.25, 0.3) is 5.56 Å². The number of carbonyl (C=O) groups excluding carboxylic acids is 1. The minimum absolute atomic E-state index is 0.176. The summed E-state index contributed by atoms with van der Waals surface area (Å²) in [5.74, 6) is 1.39. The number of esters is 1. The predicted octanol–water partition coefficient (Wildman–Crippen LogP) is 4.89. The molecule has 2 aromatic heterocycles. The Kier molecular flexibility index (Phi) is 6.39. The van der Waals surface area contributed by atoms with Crippen LogP contribution in [0.1, 0.15) is 12.7 Å². The van der Waals surface area contributed by atoms with Crippen molar-refractivity contribution in [2.45, 2.75) is 17.9 Å². The van der Waals surface area contributed by atoms with E-state index >= 15 is 0 Å². The number of benzene rings is 2. The van der Waals surface area contributed by atoms with Crippen molar-refractivity contribution in [3.63, 3.8) is 0 Å². The summed E-state index contributed by atoms with van der Waals surface area (Å²) in [4.78, 5) is 33.3. The number of ether oxygens (including phenoxy) is 2. The highest BCUT2D eigenvalue weighted by molar-refractivity contribution is 7.99. The fourth-order valence-electron chi connectivity index (χ4n) is 3.06. The van der Waals surface area contributed by atoms with Crippen LogP contribution in [0, 0.1) is 0 Å². The number of fused-ring (bicyclic) bond motifs is 1. The highest BCUT2D eigenvalue weighted by Crippen LogP contribution is 2.31. The molecule has 2 heterocycles. The molecule has 0 aliphatic rings. The van der Waals surface area contributed by atoms with Crippen LogP contribution in [0.15, 0.2) is 64.8 Å². The van der Waals surface area contributed by atoms with Crippen molar-refractivity contribution in [2.24, 2.45) is 0 Å². The molecule has 158 valence electrons. The molecule has 0 saturated heterocycles. The number of H-pyrrole nitrogens is 1. The van der Waals surface area contributed by atoms with Gasteiger partial charge in [-0.15, -0.1) is 23.1 Å². The second kappa shape index (κ2) is 9.36. The first-order valence-corrected chi connectivity index (χ1v) is 11.5. The summed E-state index contributed by atoms with van der Waals surface area (Å²) in [7, 11) is 1.52. The number of methoxy groups -OCH3 is 1. The maximum atomic E-state index is 12.7. The quantitative estimate of drug-likeness (QED) is 0.318. The molecule has 2 aromatic carbocycles. The van der Waals surface area contributed by atoms with Gasteiger partial charge in [0.05, 0.1) is 18.2 Å². The Morgan fingerprint density at radius 3 is 2.58 bits per heavy atom. The average molecular weight is 453 g/mol. The summed E-state index contributed by atoms with van der Waals surface area (Å²) < 4.78 is 10.7. The third-order valence-electron chi connectivity index (χ3n) is 4.66. The van der Waals surface area contributed by atoms with Gasteiger partial charge in [0, 0.05) is 10.9 Å². The monoisotopic (exact) mass is 452 g/mol. The molecule has 8 heteroatoms. The van der Waals surface area contributed by atoms with Gasteiger partial charge in [0.1, 0.15) is 15.9 Å². The van der Waals surface area contributed by atoms with E-state index in [1.807, 2.05) is 35.7 Å². The van der Waals surface area contributed by atoms with Gasteiger partial charge in [-0.05, 0) is 24.6 Å². The number of nitrogens with zero attached hydrogens (tertiary/aromatic N) is 1. The van der Waals surface area contributed by atoms with Crippen molar-refractivity contribution in [3.05, 3.63) is 76.2 Å². The minimum Gasteiger partial charge on any atom is -0.493 e. The lowest BCUT2D eigenvalue weighted by molar-refractivity contribution is -0.133. The zero-order valence-corrected chi connectivity index (χ0v) is 18.6. The first-order chi connectivity index (χ1) is 15.1. The molecule has 0 aliphatic carbocycles. The van der Waals surface area contributed by atoms with E-state index in [1.54, 1.807) is 31.2 Å². The van der Waals surface area contributed by atoms with E-state index in [2.05, 4.69) is 9.97 Å². The number of thioether (sulfide) groups is 1. The first-order valence-electron chi connectivity index (χ1n) is 9.59. The van der Waals surface area contributed by atoms with Crippen LogP contribution in [0.3, 0.4) is 0 Å². The van der Waals surface area contributed by atoms with Gasteiger partial charge in [-0.2, -0.15) is 0 Å². The molecule has 0 spiro atoms. The van der Waals surface area contributed by atoms with Gasteiger partial charge in [-0.1, -0.05) is 42.5 Å². The Balaban J connectivity index is 1.46. The van der Waals surface area contributed by atoms with Gasteiger partial charge in [0.2, 0.25) is 0 Å². The summed E-state index contributed by atoms with van der Waals surface area (Å²) in [6.07, 6.45) is 0. The predicted molar refractivity (Wildman–Crippen MR) is 125 cm³/mol. The van der Waals surface area contributed by atoms with Gasteiger partial charge in [0.15, 0.2) is 11.5 Å². The Morgan fingerprint density at radius 1 is 1.13 bits per heavy atom. The molecule has 0 fully saturated rings. The molecule has 1 unspecified atom stereocenters. The zero-order chi connectivity index (χ0) is 21.8. The lowest BCUT2D eigenvalue weighted by atomic mass is 10.1. The van der Waals surface area contributed by atoms with E-state index < -0.39 is 5.25 Å². The first kappa shape index (κ1) is 21.1. The number of thiophene rings is 1. The summed E-state index contributed by atoms with van der Waals surface area (Å²) in [6.45, 7) is 1.76. The SMILES string of the molecule is COc1ccccc1OC(=O)C(C)SCc1nc2scc(-c3ccccc3)c2c(=O)[nH]1. The van der Waals surface area contributed by atoms with Crippen LogP contribution in [0.25, 0.3) is 21.3 Å². The van der Waals surface area contributed by atoms with Crippen LogP contribution >= 0.6 is 23.1 Å². The maximum absolute atomic E-state index is 12.7. The van der Waals surface area contributed by atoms with Crippen molar-refractivity contribution < 1.29 is 14.3 Å². The Hall–Kier alpha value is -3.10. The Morgan fingerprint density at radius 2 is 1.84 bits per heavy atom. The molecule has 0 aliphatic heterocycles. The van der Waals surface area contributed by atoms with E-state index in [0.29, 0.717) is 33.3 Å². The van der Waals surface area contributed by atoms with Gasteiger partial charge in [-0.3, -0.25) is 9.59 Å². The van der Waals surface area contributed by atoms with Crippen LogP contribution in [0.4, 0.5) is 0 Å². The van der Waals surface area contributed by atoms with Crippen molar-refractivity contribution in [2.75, 3.05) is 7.11 Å². The number of carbonyl (C=O) groups is 1. The number of para-hydroxylation sites is 2. The molecule has 4 aromatic rings. The molecule has 0 bridgehead atoms. The third kappa shape index (κ3) is 4.65. The fourth-order valence-corrected chi connectivity index (χ4v) is 4.75. The van der Waals surface area contributed by atoms with Crippen LogP contribution in [0.5, 0.6) is 11.5 Å². The van der Waals surface area contributed by atoms with E-state index in [1.165, 1.54) is 30.2 Å². The van der Waals surface area contributed by atoms with E-state index in [4.69, 9.17) is 9.47 Å². The smallest absolute Gasteiger partial charge is 0.324 e. The summed E-state index contributed by atoms with van der Waals surface area (Å²) in [5, 5.41) is 2.09.